The van der Waals surface area contributed by atoms with Crippen LogP contribution in [0.2, 0.25) is 0 Å². The van der Waals surface area contributed by atoms with Crippen LogP contribution < -0.4 is 16.0 Å². The summed E-state index contributed by atoms with van der Waals surface area (Å²) in [4.78, 5) is 18.6. The lowest BCUT2D eigenvalue weighted by atomic mass is 10.0. The highest BCUT2D eigenvalue weighted by Crippen LogP contribution is 2.12. The van der Waals surface area contributed by atoms with Gasteiger partial charge in [0.15, 0.2) is 5.96 Å². The van der Waals surface area contributed by atoms with Gasteiger partial charge in [-0.1, -0.05) is 20.8 Å². The number of hydrogen-bond donors (Lipinski definition) is 3. The molecule has 1 saturated heterocycles. The summed E-state index contributed by atoms with van der Waals surface area (Å²) >= 11 is 0. The summed E-state index contributed by atoms with van der Waals surface area (Å²) in [7, 11) is 1.76. The molecule has 1 aliphatic heterocycles. The summed E-state index contributed by atoms with van der Waals surface area (Å²) in [6.45, 7) is 13.6. The molecule has 26 heavy (non-hydrogen) atoms. The van der Waals surface area contributed by atoms with Crippen molar-refractivity contribution in [1.82, 2.24) is 20.9 Å². The van der Waals surface area contributed by atoms with Crippen molar-refractivity contribution in [3.8, 4) is 0 Å². The van der Waals surface area contributed by atoms with Crippen LogP contribution in [0.4, 0.5) is 0 Å². The lowest BCUT2D eigenvalue weighted by Gasteiger charge is -2.35. The Bertz CT molecular complexity index is 422. The molecule has 0 aromatic carbocycles. The van der Waals surface area contributed by atoms with E-state index in [1.165, 1.54) is 0 Å². The van der Waals surface area contributed by atoms with Gasteiger partial charge in [0.05, 0.1) is 13.2 Å². The van der Waals surface area contributed by atoms with Crippen molar-refractivity contribution >= 4 is 11.9 Å². The fourth-order valence-electron chi connectivity index (χ4n) is 3.03. The monoisotopic (exact) mass is 369 g/mol. The first-order valence-corrected chi connectivity index (χ1v) is 10.0. The number of hydrogen-bond acceptors (Lipinski definition) is 4. The first-order chi connectivity index (χ1) is 12.5. The van der Waals surface area contributed by atoms with Crippen molar-refractivity contribution in [1.29, 1.82) is 0 Å². The van der Waals surface area contributed by atoms with Crippen molar-refractivity contribution in [2.24, 2.45) is 10.9 Å². The molecule has 0 aliphatic carbocycles. The number of guanidine groups is 1. The Morgan fingerprint density at radius 1 is 1.19 bits per heavy atom. The average Bonchev–Trinajstić information content (AvgIpc) is 2.63. The normalized spacial score (nSPS) is 18.5. The van der Waals surface area contributed by atoms with Gasteiger partial charge in [-0.15, -0.1) is 0 Å². The zero-order valence-electron chi connectivity index (χ0n) is 17.3. The second-order valence-corrected chi connectivity index (χ2v) is 7.44. The van der Waals surface area contributed by atoms with Crippen molar-refractivity contribution < 1.29 is 9.53 Å². The van der Waals surface area contributed by atoms with Gasteiger partial charge in [0.2, 0.25) is 5.91 Å². The molecular formula is C19H39N5O2. The molecule has 0 radical (unpaired) electrons. The summed E-state index contributed by atoms with van der Waals surface area (Å²) in [5, 5.41) is 9.64. The standard InChI is InChI=1S/C19H39N5O2/c1-6-16(4)23-18(25)7-8-21-19(20-5)22-14-17(13-15(2)3)24-9-11-26-12-10-24/h15-17H,6-14H2,1-5H3,(H,23,25)(H2,20,21,22). The number of morpholine rings is 1. The molecule has 0 spiro atoms. The van der Waals surface area contributed by atoms with Crippen molar-refractivity contribution in [2.75, 3.05) is 46.4 Å². The van der Waals surface area contributed by atoms with Gasteiger partial charge < -0.3 is 20.7 Å². The third-order valence-electron chi connectivity index (χ3n) is 4.70. The quantitative estimate of drug-likeness (QED) is 0.398. The predicted molar refractivity (Wildman–Crippen MR) is 108 cm³/mol. The van der Waals surface area contributed by atoms with Gasteiger partial charge in [-0.25, -0.2) is 0 Å². The van der Waals surface area contributed by atoms with E-state index in [2.05, 4.69) is 46.6 Å². The van der Waals surface area contributed by atoms with Gasteiger partial charge in [0, 0.05) is 51.7 Å². The molecule has 1 fully saturated rings. The predicted octanol–water partition coefficient (Wildman–Crippen LogP) is 1.20. The summed E-state index contributed by atoms with van der Waals surface area (Å²) in [5.74, 6) is 1.47. The van der Waals surface area contributed by atoms with Crippen LogP contribution in [-0.4, -0.2) is 75.3 Å². The van der Waals surface area contributed by atoms with Crippen LogP contribution in [0.1, 0.15) is 47.0 Å². The highest BCUT2D eigenvalue weighted by Gasteiger charge is 2.22. The molecule has 3 N–H and O–H groups in total. The lowest BCUT2D eigenvalue weighted by Crippen LogP contribution is -2.51. The Hall–Kier alpha value is -1.34. The number of rotatable bonds is 10. The van der Waals surface area contributed by atoms with Crippen LogP contribution >= 0.6 is 0 Å². The Morgan fingerprint density at radius 3 is 2.46 bits per heavy atom. The zero-order chi connectivity index (χ0) is 19.4. The molecule has 2 atom stereocenters. The van der Waals surface area contributed by atoms with Gasteiger partial charge in [0.25, 0.3) is 0 Å². The molecule has 0 saturated carbocycles. The highest BCUT2D eigenvalue weighted by atomic mass is 16.5. The SMILES string of the molecule is CCC(C)NC(=O)CCNC(=NC)NCC(CC(C)C)N1CCOCC1. The van der Waals surface area contributed by atoms with Crippen LogP contribution in [-0.2, 0) is 9.53 Å². The van der Waals surface area contributed by atoms with E-state index in [0.29, 0.717) is 24.9 Å². The molecule has 0 aromatic rings. The van der Waals surface area contributed by atoms with Crippen LogP contribution in [0, 0.1) is 5.92 Å². The van der Waals surface area contributed by atoms with Gasteiger partial charge in [-0.3, -0.25) is 14.7 Å². The molecule has 2 unspecified atom stereocenters. The topological polar surface area (TPSA) is 78.0 Å². The minimum atomic E-state index is 0.0771. The van der Waals surface area contributed by atoms with Gasteiger partial charge >= 0.3 is 0 Å². The third-order valence-corrected chi connectivity index (χ3v) is 4.70. The van der Waals surface area contributed by atoms with E-state index >= 15 is 0 Å². The number of carbonyl (C=O) groups excluding carboxylic acids is 1. The second kappa shape index (κ2) is 12.9. The number of aliphatic imine (C=N–C) groups is 1. The molecule has 1 rings (SSSR count). The number of nitrogens with zero attached hydrogens (tertiary/aromatic N) is 2. The van der Waals surface area contributed by atoms with E-state index in [4.69, 9.17) is 4.74 Å². The summed E-state index contributed by atoms with van der Waals surface area (Å²) in [6.07, 6.45) is 2.53. The molecule has 152 valence electrons. The van der Waals surface area contributed by atoms with Crippen LogP contribution in [0.25, 0.3) is 0 Å². The van der Waals surface area contributed by atoms with E-state index in [1.54, 1.807) is 7.05 Å². The first kappa shape index (κ1) is 22.7. The maximum atomic E-state index is 11.8. The molecule has 0 aromatic heterocycles. The van der Waals surface area contributed by atoms with Crippen LogP contribution in [0.3, 0.4) is 0 Å². The van der Waals surface area contributed by atoms with E-state index in [0.717, 1.165) is 51.6 Å². The van der Waals surface area contributed by atoms with Crippen LogP contribution in [0.5, 0.6) is 0 Å². The molecular weight excluding hydrogens is 330 g/mol. The van der Waals surface area contributed by atoms with Gasteiger partial charge in [-0.2, -0.15) is 0 Å². The molecule has 7 heteroatoms. The number of amides is 1. The van der Waals surface area contributed by atoms with Crippen molar-refractivity contribution in [3.05, 3.63) is 0 Å². The molecule has 1 aliphatic rings. The molecule has 0 bridgehead atoms. The maximum absolute atomic E-state index is 11.8. The third kappa shape index (κ3) is 9.38. The second-order valence-electron chi connectivity index (χ2n) is 7.44. The average molecular weight is 370 g/mol. The Morgan fingerprint density at radius 2 is 1.88 bits per heavy atom. The van der Waals surface area contributed by atoms with E-state index < -0.39 is 0 Å². The summed E-state index contributed by atoms with van der Waals surface area (Å²) in [5.41, 5.74) is 0. The zero-order valence-corrected chi connectivity index (χ0v) is 17.3. The molecule has 1 heterocycles. The Balaban J connectivity index is 2.38. The molecule has 1 amide bonds. The fraction of sp³-hybridized carbons (Fsp3) is 0.895. The number of ether oxygens (including phenoxy) is 1. The van der Waals surface area contributed by atoms with Crippen molar-refractivity contribution in [3.63, 3.8) is 0 Å². The Kier molecular flexibility index (Phi) is 11.3. The fourth-order valence-corrected chi connectivity index (χ4v) is 3.03. The first-order valence-electron chi connectivity index (χ1n) is 10.0. The van der Waals surface area contributed by atoms with Gasteiger partial charge in [0.1, 0.15) is 0 Å². The maximum Gasteiger partial charge on any atom is 0.221 e. The van der Waals surface area contributed by atoms with E-state index in [9.17, 15) is 4.79 Å². The highest BCUT2D eigenvalue weighted by molar-refractivity contribution is 5.81. The minimum absolute atomic E-state index is 0.0771. The largest absolute Gasteiger partial charge is 0.379 e. The smallest absolute Gasteiger partial charge is 0.221 e. The van der Waals surface area contributed by atoms with E-state index in [1.807, 2.05) is 6.92 Å². The number of nitrogens with one attached hydrogen (secondary N) is 3. The summed E-state index contributed by atoms with van der Waals surface area (Å²) < 4.78 is 5.48. The Labute approximate surface area is 159 Å². The minimum Gasteiger partial charge on any atom is -0.379 e. The number of carbonyl (C=O) groups is 1. The lowest BCUT2D eigenvalue weighted by molar-refractivity contribution is -0.121. The van der Waals surface area contributed by atoms with Crippen molar-refractivity contribution in [2.45, 2.75) is 59.0 Å². The molecule has 7 nitrogen and oxygen atoms in total. The summed E-state index contributed by atoms with van der Waals surface area (Å²) in [6, 6.07) is 0.691. The van der Waals surface area contributed by atoms with Gasteiger partial charge in [-0.05, 0) is 25.7 Å². The van der Waals surface area contributed by atoms with Crippen LogP contribution in [0.15, 0.2) is 4.99 Å². The van der Waals surface area contributed by atoms with E-state index in [-0.39, 0.29) is 11.9 Å².